The Morgan fingerprint density at radius 2 is 1.71 bits per heavy atom. The first-order valence-corrected chi connectivity index (χ1v) is 15.5. The van der Waals surface area contributed by atoms with Gasteiger partial charge >= 0.3 is 0 Å². The van der Waals surface area contributed by atoms with E-state index < -0.39 is 34.1 Å². The third-order valence-electron chi connectivity index (χ3n) is 6.20. The molecule has 2 amide bonds. The van der Waals surface area contributed by atoms with Crippen LogP contribution in [0.2, 0.25) is 5.02 Å². The number of anilines is 1. The Bertz CT molecular complexity index is 1510. The van der Waals surface area contributed by atoms with E-state index in [1.54, 1.807) is 31.2 Å². The maximum absolute atomic E-state index is 14.1. The summed E-state index contributed by atoms with van der Waals surface area (Å²) >= 11 is 9.73. The average Bonchev–Trinajstić information content (AvgIpc) is 2.89. The summed E-state index contributed by atoms with van der Waals surface area (Å²) in [5.41, 5.74) is 1.20. The van der Waals surface area contributed by atoms with E-state index in [0.717, 1.165) is 19.9 Å². The summed E-state index contributed by atoms with van der Waals surface area (Å²) in [6.45, 7) is 8.48. The van der Waals surface area contributed by atoms with Gasteiger partial charge in [0.1, 0.15) is 18.3 Å². The predicted octanol–water partition coefficient (Wildman–Crippen LogP) is 5.95. The SMILES string of the molecule is COc1ccc(Cl)cc1N(CC(=O)N(Cc1cccc(Br)c1)[C@H](C)C(=O)NC(C)(C)C)S(=O)(=O)c1ccc(C)cc1. The zero-order valence-corrected chi connectivity index (χ0v) is 27.1. The fourth-order valence-electron chi connectivity index (χ4n) is 4.10. The van der Waals surface area contributed by atoms with Crippen molar-refractivity contribution in [1.29, 1.82) is 0 Å². The second kappa shape index (κ2) is 13.3. The molecule has 11 heteroatoms. The molecule has 0 aromatic heterocycles. The number of aryl methyl sites for hydroxylation is 1. The molecule has 0 spiro atoms. The van der Waals surface area contributed by atoms with Gasteiger partial charge < -0.3 is 15.0 Å². The van der Waals surface area contributed by atoms with Gasteiger partial charge in [0.15, 0.2) is 0 Å². The Morgan fingerprint density at radius 1 is 1.05 bits per heavy atom. The highest BCUT2D eigenvalue weighted by Gasteiger charge is 2.34. The number of methoxy groups -OCH3 is 1. The molecule has 220 valence electrons. The molecular weight excluding hydrogens is 630 g/mol. The lowest BCUT2D eigenvalue weighted by Gasteiger charge is -2.33. The first-order chi connectivity index (χ1) is 19.1. The van der Waals surface area contributed by atoms with Gasteiger partial charge in [0.2, 0.25) is 11.8 Å². The summed E-state index contributed by atoms with van der Waals surface area (Å²) in [5, 5.41) is 3.18. The summed E-state index contributed by atoms with van der Waals surface area (Å²) in [6.07, 6.45) is 0. The van der Waals surface area contributed by atoms with Crippen LogP contribution in [-0.2, 0) is 26.2 Å². The molecule has 0 aliphatic rings. The number of carbonyl (C=O) groups is 2. The largest absolute Gasteiger partial charge is 0.495 e. The molecule has 0 aliphatic heterocycles. The molecular formula is C30H35BrClN3O5S. The van der Waals surface area contributed by atoms with Crippen LogP contribution in [0.3, 0.4) is 0 Å². The Morgan fingerprint density at radius 3 is 2.29 bits per heavy atom. The van der Waals surface area contributed by atoms with E-state index in [-0.39, 0.29) is 33.8 Å². The topological polar surface area (TPSA) is 96.0 Å². The van der Waals surface area contributed by atoms with Gasteiger partial charge in [-0.1, -0.05) is 57.4 Å². The van der Waals surface area contributed by atoms with Crippen molar-refractivity contribution in [2.45, 2.75) is 57.6 Å². The van der Waals surface area contributed by atoms with Gasteiger partial charge in [-0.2, -0.15) is 0 Å². The van der Waals surface area contributed by atoms with Gasteiger partial charge in [-0.05, 0) is 82.6 Å². The highest BCUT2D eigenvalue weighted by Crippen LogP contribution is 2.35. The van der Waals surface area contributed by atoms with E-state index in [4.69, 9.17) is 16.3 Å². The van der Waals surface area contributed by atoms with Gasteiger partial charge in [0, 0.05) is 21.6 Å². The van der Waals surface area contributed by atoms with Crippen LogP contribution in [0.25, 0.3) is 0 Å². The standard InChI is InChI=1S/C30H35BrClN3O5S/c1-20-10-13-25(14-11-20)41(38,39)35(26-17-24(32)12-15-27(26)40-6)19-28(36)34(18-22-8-7-9-23(31)16-22)21(2)29(37)33-30(3,4)5/h7-17,21H,18-19H2,1-6H3,(H,33,37)/t21-/m1/s1. The van der Waals surface area contributed by atoms with E-state index in [9.17, 15) is 18.0 Å². The van der Waals surface area contributed by atoms with Crippen LogP contribution in [0.15, 0.2) is 76.1 Å². The number of nitrogens with one attached hydrogen (secondary N) is 1. The number of halogens is 2. The van der Waals surface area contributed by atoms with Crippen LogP contribution >= 0.6 is 27.5 Å². The van der Waals surface area contributed by atoms with Crippen LogP contribution in [-0.4, -0.2) is 50.4 Å². The van der Waals surface area contributed by atoms with Crippen LogP contribution in [0, 0.1) is 6.92 Å². The fraction of sp³-hybridized carbons (Fsp3) is 0.333. The Hall–Kier alpha value is -3.08. The van der Waals surface area contributed by atoms with Crippen molar-refractivity contribution in [3.05, 3.63) is 87.4 Å². The third kappa shape index (κ3) is 8.47. The summed E-state index contributed by atoms with van der Waals surface area (Å²) in [6, 6.07) is 17.3. The smallest absolute Gasteiger partial charge is 0.264 e. The van der Waals surface area contributed by atoms with Crippen molar-refractivity contribution in [2.24, 2.45) is 0 Å². The minimum Gasteiger partial charge on any atom is -0.495 e. The second-order valence-electron chi connectivity index (χ2n) is 10.7. The normalized spacial score (nSPS) is 12.4. The molecule has 0 bridgehead atoms. The third-order valence-corrected chi connectivity index (χ3v) is 8.71. The highest BCUT2D eigenvalue weighted by atomic mass is 79.9. The number of ether oxygens (including phenoxy) is 1. The molecule has 0 saturated carbocycles. The lowest BCUT2D eigenvalue weighted by molar-refractivity contribution is -0.140. The maximum atomic E-state index is 14.1. The Labute approximate surface area is 255 Å². The van der Waals surface area contributed by atoms with Crippen molar-refractivity contribution in [1.82, 2.24) is 10.2 Å². The van der Waals surface area contributed by atoms with E-state index >= 15 is 0 Å². The molecule has 3 aromatic rings. The first kappa shape index (κ1) is 32.4. The van der Waals surface area contributed by atoms with E-state index in [0.29, 0.717) is 0 Å². The number of carbonyl (C=O) groups excluding carboxylic acids is 2. The molecule has 0 radical (unpaired) electrons. The number of hydrogen-bond donors (Lipinski definition) is 1. The molecule has 0 fully saturated rings. The number of sulfonamides is 1. The zero-order chi connectivity index (χ0) is 30.5. The highest BCUT2D eigenvalue weighted by molar-refractivity contribution is 9.10. The Balaban J connectivity index is 2.11. The predicted molar refractivity (Wildman–Crippen MR) is 166 cm³/mol. The molecule has 1 atom stereocenters. The van der Waals surface area contributed by atoms with Crippen molar-refractivity contribution in [3.8, 4) is 5.75 Å². The minimum atomic E-state index is -4.26. The summed E-state index contributed by atoms with van der Waals surface area (Å²) in [4.78, 5) is 28.7. The summed E-state index contributed by atoms with van der Waals surface area (Å²) < 4.78 is 35.3. The van der Waals surface area contributed by atoms with Gasteiger partial charge in [0.05, 0.1) is 17.7 Å². The number of rotatable bonds is 10. The van der Waals surface area contributed by atoms with Gasteiger partial charge in [0.25, 0.3) is 10.0 Å². The van der Waals surface area contributed by atoms with E-state index in [2.05, 4.69) is 21.2 Å². The molecule has 3 aromatic carbocycles. The molecule has 0 aliphatic carbocycles. The van der Waals surface area contributed by atoms with Gasteiger partial charge in [-0.15, -0.1) is 0 Å². The molecule has 8 nitrogen and oxygen atoms in total. The number of hydrogen-bond acceptors (Lipinski definition) is 5. The molecule has 1 N–H and O–H groups in total. The van der Waals surface area contributed by atoms with E-state index in [1.165, 1.54) is 30.2 Å². The van der Waals surface area contributed by atoms with Crippen LogP contribution in [0.1, 0.15) is 38.8 Å². The Kier molecular flexibility index (Phi) is 10.5. The molecule has 0 unspecified atom stereocenters. The van der Waals surface area contributed by atoms with Crippen LogP contribution < -0.4 is 14.4 Å². The van der Waals surface area contributed by atoms with Crippen LogP contribution in [0.4, 0.5) is 5.69 Å². The lowest BCUT2D eigenvalue weighted by atomic mass is 10.1. The zero-order valence-electron chi connectivity index (χ0n) is 23.9. The van der Waals surface area contributed by atoms with Crippen molar-refractivity contribution < 1.29 is 22.7 Å². The number of benzene rings is 3. The first-order valence-electron chi connectivity index (χ1n) is 12.9. The van der Waals surface area contributed by atoms with Gasteiger partial charge in [-0.3, -0.25) is 13.9 Å². The monoisotopic (exact) mass is 663 g/mol. The average molecular weight is 665 g/mol. The van der Waals surface area contributed by atoms with E-state index in [1.807, 2.05) is 52.0 Å². The van der Waals surface area contributed by atoms with Crippen molar-refractivity contribution in [3.63, 3.8) is 0 Å². The fourth-order valence-corrected chi connectivity index (χ4v) is 6.13. The maximum Gasteiger partial charge on any atom is 0.264 e. The molecule has 0 heterocycles. The summed E-state index contributed by atoms with van der Waals surface area (Å²) in [7, 11) is -2.86. The van der Waals surface area contributed by atoms with Crippen LogP contribution in [0.5, 0.6) is 5.75 Å². The molecule has 3 rings (SSSR count). The summed E-state index contributed by atoms with van der Waals surface area (Å²) in [5.74, 6) is -0.733. The number of amides is 2. The minimum absolute atomic E-state index is 0.00464. The number of nitrogens with zero attached hydrogens (tertiary/aromatic N) is 2. The second-order valence-corrected chi connectivity index (χ2v) is 13.9. The van der Waals surface area contributed by atoms with Crippen molar-refractivity contribution in [2.75, 3.05) is 18.0 Å². The van der Waals surface area contributed by atoms with Crippen molar-refractivity contribution >= 4 is 55.1 Å². The molecule has 0 saturated heterocycles. The quantitative estimate of drug-likeness (QED) is 0.289. The lowest BCUT2D eigenvalue weighted by Crippen LogP contribution is -2.54. The molecule has 41 heavy (non-hydrogen) atoms. The van der Waals surface area contributed by atoms with Gasteiger partial charge in [-0.25, -0.2) is 8.42 Å².